The highest BCUT2D eigenvalue weighted by Gasteiger charge is 2.24. The number of imidazole rings is 1. The molecular formula is C15H11ClN4O5S. The van der Waals surface area contributed by atoms with Gasteiger partial charge in [0, 0.05) is 12.1 Å². The summed E-state index contributed by atoms with van der Waals surface area (Å²) in [7, 11) is -4.04. The number of H-pyrrole nitrogens is 1. The van der Waals surface area contributed by atoms with Crippen LogP contribution in [-0.4, -0.2) is 35.0 Å². The number of aromatic amines is 1. The Morgan fingerprint density at radius 3 is 2.69 bits per heavy atom. The Kier molecular flexibility index (Phi) is 4.62. The number of nitrogens with zero attached hydrogens (tertiary/aromatic N) is 2. The van der Waals surface area contributed by atoms with Crippen molar-refractivity contribution in [2.75, 3.05) is 11.1 Å². The van der Waals surface area contributed by atoms with Gasteiger partial charge in [0.2, 0.25) is 20.9 Å². The molecule has 1 aromatic heterocycles. The standard InChI is InChI=1S/C15H11ClN4O5S/c16-10-6-5-9(20(22)23)7-13(10)17-14(21)8-26(24,25)15-18-11-3-1-2-4-12(11)19-15/h1-7H,8H2,(H,17,21)(H,18,19). The molecule has 3 rings (SSSR count). The van der Waals surface area contributed by atoms with Crippen molar-refractivity contribution >= 4 is 49.8 Å². The first-order valence-electron chi connectivity index (χ1n) is 7.17. The fourth-order valence-electron chi connectivity index (χ4n) is 2.23. The number of hydrogen-bond acceptors (Lipinski definition) is 6. The summed E-state index contributed by atoms with van der Waals surface area (Å²) >= 11 is 5.88. The first kappa shape index (κ1) is 17.8. The van der Waals surface area contributed by atoms with Crippen LogP contribution in [0.25, 0.3) is 11.0 Å². The SMILES string of the molecule is O=C(CS(=O)(=O)c1nc2ccccc2[nH]1)Nc1cc([N+](=O)[O-])ccc1Cl. The minimum absolute atomic E-state index is 0.0464. The summed E-state index contributed by atoms with van der Waals surface area (Å²) in [6, 6.07) is 10.2. The number of halogens is 1. The van der Waals surface area contributed by atoms with Gasteiger partial charge in [-0.15, -0.1) is 0 Å². The van der Waals surface area contributed by atoms with Gasteiger partial charge in [0.05, 0.1) is 26.7 Å². The van der Waals surface area contributed by atoms with E-state index in [4.69, 9.17) is 11.6 Å². The fourth-order valence-corrected chi connectivity index (χ4v) is 3.45. The largest absolute Gasteiger partial charge is 0.329 e. The molecule has 0 aliphatic rings. The van der Waals surface area contributed by atoms with Crippen molar-refractivity contribution in [1.82, 2.24) is 9.97 Å². The van der Waals surface area contributed by atoms with E-state index in [0.717, 1.165) is 6.07 Å². The number of para-hydroxylation sites is 2. The van der Waals surface area contributed by atoms with E-state index >= 15 is 0 Å². The van der Waals surface area contributed by atoms with E-state index in [0.29, 0.717) is 11.0 Å². The van der Waals surface area contributed by atoms with Gasteiger partial charge in [-0.3, -0.25) is 14.9 Å². The molecule has 0 aliphatic heterocycles. The molecular weight excluding hydrogens is 384 g/mol. The van der Waals surface area contributed by atoms with Gasteiger partial charge >= 0.3 is 0 Å². The Morgan fingerprint density at radius 2 is 2.00 bits per heavy atom. The third kappa shape index (κ3) is 3.65. The zero-order chi connectivity index (χ0) is 18.9. The normalized spacial score (nSPS) is 11.4. The number of sulfone groups is 1. The lowest BCUT2D eigenvalue weighted by Crippen LogP contribution is -2.23. The van der Waals surface area contributed by atoms with Crippen LogP contribution in [0.4, 0.5) is 11.4 Å². The Morgan fingerprint density at radius 1 is 1.27 bits per heavy atom. The third-order valence-electron chi connectivity index (χ3n) is 3.42. The molecule has 3 aromatic rings. The molecule has 0 fully saturated rings. The maximum atomic E-state index is 12.4. The van der Waals surface area contributed by atoms with Crippen LogP contribution in [0.15, 0.2) is 47.6 Å². The minimum Gasteiger partial charge on any atom is -0.329 e. The Hall–Kier alpha value is -2.98. The van der Waals surface area contributed by atoms with Crippen molar-refractivity contribution in [2.45, 2.75) is 5.16 Å². The van der Waals surface area contributed by atoms with Crippen LogP contribution in [0.2, 0.25) is 5.02 Å². The number of benzene rings is 2. The van der Waals surface area contributed by atoms with E-state index in [1.54, 1.807) is 24.3 Å². The number of rotatable bonds is 5. The van der Waals surface area contributed by atoms with Gasteiger partial charge in [-0.2, -0.15) is 0 Å². The van der Waals surface area contributed by atoms with Crippen LogP contribution < -0.4 is 5.32 Å². The van der Waals surface area contributed by atoms with Crippen LogP contribution >= 0.6 is 11.6 Å². The number of fused-ring (bicyclic) bond motifs is 1. The predicted octanol–water partition coefficient (Wildman–Crippen LogP) is 2.54. The van der Waals surface area contributed by atoms with Crippen LogP contribution in [0, 0.1) is 10.1 Å². The average molecular weight is 395 g/mol. The molecule has 134 valence electrons. The molecule has 9 nitrogen and oxygen atoms in total. The lowest BCUT2D eigenvalue weighted by molar-refractivity contribution is -0.384. The van der Waals surface area contributed by atoms with Gasteiger partial charge < -0.3 is 10.3 Å². The summed E-state index contributed by atoms with van der Waals surface area (Å²) in [5.41, 5.74) is 0.636. The summed E-state index contributed by atoms with van der Waals surface area (Å²) in [4.78, 5) is 28.8. The van der Waals surface area contributed by atoms with Gasteiger partial charge in [-0.25, -0.2) is 13.4 Å². The number of amides is 1. The quantitative estimate of drug-likeness (QED) is 0.504. The summed E-state index contributed by atoms with van der Waals surface area (Å²) in [6.07, 6.45) is 0. The number of nitro benzene ring substituents is 1. The molecule has 0 bridgehead atoms. The summed E-state index contributed by atoms with van der Waals surface area (Å²) in [5.74, 6) is -1.79. The van der Waals surface area contributed by atoms with Gasteiger partial charge in [0.1, 0.15) is 5.75 Å². The van der Waals surface area contributed by atoms with E-state index in [2.05, 4.69) is 15.3 Å². The highest BCUT2D eigenvalue weighted by atomic mass is 35.5. The molecule has 1 heterocycles. The van der Waals surface area contributed by atoms with Gasteiger partial charge in [0.25, 0.3) is 5.69 Å². The number of anilines is 1. The Bertz CT molecular complexity index is 1090. The highest BCUT2D eigenvalue weighted by molar-refractivity contribution is 7.92. The summed E-state index contributed by atoms with van der Waals surface area (Å²) in [6.45, 7) is 0. The molecule has 2 aromatic carbocycles. The molecule has 0 unspecified atom stereocenters. The first-order chi connectivity index (χ1) is 12.3. The van der Waals surface area contributed by atoms with Gasteiger partial charge in [-0.1, -0.05) is 23.7 Å². The maximum absolute atomic E-state index is 12.4. The number of non-ortho nitro benzene ring substituents is 1. The van der Waals surface area contributed by atoms with E-state index in [-0.39, 0.29) is 21.6 Å². The van der Waals surface area contributed by atoms with Crippen LogP contribution in [0.1, 0.15) is 0 Å². The van der Waals surface area contributed by atoms with Crippen molar-refractivity contribution in [2.24, 2.45) is 0 Å². The fraction of sp³-hybridized carbons (Fsp3) is 0.0667. The molecule has 0 radical (unpaired) electrons. The molecule has 2 N–H and O–H groups in total. The number of carbonyl (C=O) groups is 1. The van der Waals surface area contributed by atoms with Crippen molar-refractivity contribution < 1.29 is 18.1 Å². The molecule has 0 aliphatic carbocycles. The monoisotopic (exact) mass is 394 g/mol. The second kappa shape index (κ2) is 6.73. The average Bonchev–Trinajstić information content (AvgIpc) is 3.01. The molecule has 0 saturated heterocycles. The number of carbonyl (C=O) groups excluding carboxylic acids is 1. The van der Waals surface area contributed by atoms with Crippen molar-refractivity contribution in [3.63, 3.8) is 0 Å². The molecule has 11 heteroatoms. The van der Waals surface area contributed by atoms with E-state index in [1.165, 1.54) is 12.1 Å². The topological polar surface area (TPSA) is 135 Å². The van der Waals surface area contributed by atoms with Crippen molar-refractivity contribution in [1.29, 1.82) is 0 Å². The van der Waals surface area contributed by atoms with E-state index in [9.17, 15) is 23.3 Å². The summed E-state index contributed by atoms with van der Waals surface area (Å²) in [5, 5.41) is 12.8. The lowest BCUT2D eigenvalue weighted by atomic mass is 10.3. The first-order valence-corrected chi connectivity index (χ1v) is 9.20. The van der Waals surface area contributed by atoms with Crippen LogP contribution in [0.5, 0.6) is 0 Å². The van der Waals surface area contributed by atoms with Crippen LogP contribution in [-0.2, 0) is 14.6 Å². The zero-order valence-corrected chi connectivity index (χ0v) is 14.5. The number of aromatic nitrogens is 2. The highest BCUT2D eigenvalue weighted by Crippen LogP contribution is 2.26. The van der Waals surface area contributed by atoms with Crippen LogP contribution in [0.3, 0.4) is 0 Å². The van der Waals surface area contributed by atoms with E-state index in [1.807, 2.05) is 0 Å². The lowest BCUT2D eigenvalue weighted by Gasteiger charge is -2.07. The predicted molar refractivity (Wildman–Crippen MR) is 94.9 cm³/mol. The summed E-state index contributed by atoms with van der Waals surface area (Å²) < 4.78 is 24.7. The number of nitrogens with one attached hydrogen (secondary N) is 2. The third-order valence-corrected chi connectivity index (χ3v) is 5.17. The van der Waals surface area contributed by atoms with Gasteiger partial charge in [0.15, 0.2) is 0 Å². The molecule has 0 atom stereocenters. The smallest absolute Gasteiger partial charge is 0.271 e. The van der Waals surface area contributed by atoms with Crippen molar-refractivity contribution in [3.8, 4) is 0 Å². The molecule has 26 heavy (non-hydrogen) atoms. The molecule has 1 amide bonds. The van der Waals surface area contributed by atoms with Gasteiger partial charge in [-0.05, 0) is 18.2 Å². The van der Waals surface area contributed by atoms with E-state index < -0.39 is 26.4 Å². The van der Waals surface area contributed by atoms with Crippen molar-refractivity contribution in [3.05, 3.63) is 57.6 Å². The second-order valence-corrected chi connectivity index (χ2v) is 7.60. The Balaban J connectivity index is 1.81. The second-order valence-electron chi connectivity index (χ2n) is 5.29. The number of nitro groups is 1. The molecule has 0 spiro atoms. The minimum atomic E-state index is -4.04. The molecule has 0 saturated carbocycles. The Labute approximate surface area is 152 Å². The number of hydrogen-bond donors (Lipinski definition) is 2. The maximum Gasteiger partial charge on any atom is 0.271 e. The zero-order valence-electron chi connectivity index (χ0n) is 13.0.